The number of nitrogens with one attached hydrogen (secondary N) is 1. The van der Waals surface area contributed by atoms with Gasteiger partial charge in [0, 0.05) is 19.0 Å². The molecule has 1 aliphatic rings. The average molecular weight is 261 g/mol. The third-order valence-electron chi connectivity index (χ3n) is 2.83. The first kappa shape index (κ1) is 13.8. The first-order valence-electron chi connectivity index (χ1n) is 6.50. The van der Waals surface area contributed by atoms with Crippen LogP contribution in [-0.2, 0) is 14.3 Å². The van der Waals surface area contributed by atoms with E-state index in [0.717, 1.165) is 17.5 Å². The van der Waals surface area contributed by atoms with Crippen molar-refractivity contribution in [3.05, 3.63) is 41.5 Å². The molecule has 0 saturated carbocycles. The summed E-state index contributed by atoms with van der Waals surface area (Å²) < 4.78 is 10.9. The number of carbonyl (C=O) groups excluding carboxylic acids is 1. The minimum absolute atomic E-state index is 0.00863. The van der Waals surface area contributed by atoms with Crippen molar-refractivity contribution in [1.82, 2.24) is 5.32 Å². The summed E-state index contributed by atoms with van der Waals surface area (Å²) in [5.74, 6) is 0.00863. The molecule has 0 radical (unpaired) electrons. The second kappa shape index (κ2) is 7.07. The summed E-state index contributed by atoms with van der Waals surface area (Å²) >= 11 is 0. The summed E-state index contributed by atoms with van der Waals surface area (Å²) in [5.41, 5.74) is 2.18. The zero-order valence-corrected chi connectivity index (χ0v) is 11.1. The van der Waals surface area contributed by atoms with Crippen LogP contribution in [0.5, 0.6) is 0 Å². The highest BCUT2D eigenvalue weighted by Crippen LogP contribution is 2.23. The van der Waals surface area contributed by atoms with Crippen LogP contribution in [0.15, 0.2) is 30.3 Å². The molecule has 19 heavy (non-hydrogen) atoms. The van der Waals surface area contributed by atoms with Crippen molar-refractivity contribution >= 4 is 12.0 Å². The summed E-state index contributed by atoms with van der Waals surface area (Å²) in [6, 6.07) is 8.11. The van der Waals surface area contributed by atoms with Gasteiger partial charge in [0.05, 0.1) is 13.2 Å². The van der Waals surface area contributed by atoms with E-state index in [1.165, 1.54) is 6.92 Å². The minimum atomic E-state index is -0.210. The Kier molecular flexibility index (Phi) is 5.12. The summed E-state index contributed by atoms with van der Waals surface area (Å²) in [5, 5.41) is 2.75. The van der Waals surface area contributed by atoms with Gasteiger partial charge in [-0.1, -0.05) is 36.4 Å². The van der Waals surface area contributed by atoms with Crippen molar-refractivity contribution in [2.45, 2.75) is 19.6 Å². The molecule has 0 aliphatic carbocycles. The molecule has 1 aromatic carbocycles. The number of ether oxygens (including phenoxy) is 2. The lowest BCUT2D eigenvalue weighted by atomic mass is 10.1. The molecule has 0 spiro atoms. The lowest BCUT2D eigenvalue weighted by Gasteiger charge is -2.08. The van der Waals surface area contributed by atoms with Crippen LogP contribution >= 0.6 is 0 Å². The van der Waals surface area contributed by atoms with Crippen LogP contribution in [-0.4, -0.2) is 25.7 Å². The van der Waals surface area contributed by atoms with Crippen molar-refractivity contribution in [3.8, 4) is 0 Å². The lowest BCUT2D eigenvalue weighted by molar-refractivity contribution is -0.118. The molecule has 0 unspecified atom stereocenters. The van der Waals surface area contributed by atoms with Gasteiger partial charge in [0.25, 0.3) is 0 Å². The van der Waals surface area contributed by atoms with Gasteiger partial charge in [0.15, 0.2) is 6.29 Å². The van der Waals surface area contributed by atoms with Crippen molar-refractivity contribution in [2.75, 3.05) is 19.8 Å². The lowest BCUT2D eigenvalue weighted by Crippen LogP contribution is -2.20. The molecule has 1 N–H and O–H groups in total. The second-order valence-electron chi connectivity index (χ2n) is 4.41. The number of amides is 1. The van der Waals surface area contributed by atoms with Gasteiger partial charge in [-0.3, -0.25) is 4.79 Å². The molecule has 1 amide bonds. The second-order valence-corrected chi connectivity index (χ2v) is 4.41. The smallest absolute Gasteiger partial charge is 0.216 e. The molecule has 0 aromatic heterocycles. The quantitative estimate of drug-likeness (QED) is 0.827. The third kappa shape index (κ3) is 4.50. The van der Waals surface area contributed by atoms with E-state index in [2.05, 4.69) is 5.32 Å². The van der Waals surface area contributed by atoms with Gasteiger partial charge in [-0.05, 0) is 12.0 Å². The largest absolute Gasteiger partial charge is 0.356 e. The molecule has 1 heterocycles. The van der Waals surface area contributed by atoms with Gasteiger partial charge in [0.2, 0.25) is 5.91 Å². The molecule has 4 nitrogen and oxygen atoms in total. The number of hydrogen-bond acceptors (Lipinski definition) is 3. The highest BCUT2D eigenvalue weighted by Gasteiger charge is 2.17. The number of hydrogen-bond donors (Lipinski definition) is 1. The van der Waals surface area contributed by atoms with Crippen LogP contribution in [0, 0.1) is 0 Å². The molecule has 1 saturated heterocycles. The van der Waals surface area contributed by atoms with Gasteiger partial charge in [-0.25, -0.2) is 0 Å². The Labute approximate surface area is 113 Å². The summed E-state index contributed by atoms with van der Waals surface area (Å²) in [6.45, 7) is 3.52. The standard InChI is InChI=1S/C15H19NO3/c1-12(17)16-9-3-2-4-13-5-7-14(8-6-13)15-18-10-11-19-15/h2,4-8,15H,3,9-11H2,1H3,(H,16,17). The maximum absolute atomic E-state index is 10.7. The molecule has 102 valence electrons. The van der Waals surface area contributed by atoms with Crippen LogP contribution in [0.25, 0.3) is 6.08 Å². The fraction of sp³-hybridized carbons (Fsp3) is 0.400. The third-order valence-corrected chi connectivity index (χ3v) is 2.83. The SMILES string of the molecule is CC(=O)NCCC=Cc1ccc(C2OCCO2)cc1. The first-order valence-corrected chi connectivity index (χ1v) is 6.50. The molecule has 0 bridgehead atoms. The van der Waals surface area contributed by atoms with Crippen molar-refractivity contribution < 1.29 is 14.3 Å². The Morgan fingerprint density at radius 2 is 2.00 bits per heavy atom. The Morgan fingerprint density at radius 3 is 2.63 bits per heavy atom. The fourth-order valence-electron chi connectivity index (χ4n) is 1.87. The predicted octanol–water partition coefficient (Wildman–Crippen LogP) is 2.27. The molecular formula is C15H19NO3. The Balaban J connectivity index is 1.81. The first-order chi connectivity index (χ1) is 9.25. The molecule has 1 fully saturated rings. The van der Waals surface area contributed by atoms with Gasteiger partial charge < -0.3 is 14.8 Å². The van der Waals surface area contributed by atoms with Crippen LogP contribution in [0.4, 0.5) is 0 Å². The van der Waals surface area contributed by atoms with E-state index in [-0.39, 0.29) is 12.2 Å². The molecule has 1 aliphatic heterocycles. The van der Waals surface area contributed by atoms with E-state index in [1.807, 2.05) is 36.4 Å². The summed E-state index contributed by atoms with van der Waals surface area (Å²) in [4.78, 5) is 10.7. The summed E-state index contributed by atoms with van der Waals surface area (Å²) in [6.07, 6.45) is 4.71. The van der Waals surface area contributed by atoms with Crippen molar-refractivity contribution in [1.29, 1.82) is 0 Å². The fourth-order valence-corrected chi connectivity index (χ4v) is 1.87. The summed E-state index contributed by atoms with van der Waals surface area (Å²) in [7, 11) is 0. The maximum atomic E-state index is 10.7. The van der Waals surface area contributed by atoms with E-state index in [0.29, 0.717) is 19.8 Å². The van der Waals surface area contributed by atoms with Crippen molar-refractivity contribution in [3.63, 3.8) is 0 Å². The van der Waals surface area contributed by atoms with E-state index in [4.69, 9.17) is 9.47 Å². The van der Waals surface area contributed by atoms with Crippen LogP contribution < -0.4 is 5.32 Å². The molecular weight excluding hydrogens is 242 g/mol. The molecule has 2 rings (SSSR count). The normalized spacial score (nSPS) is 16.1. The van der Waals surface area contributed by atoms with Gasteiger partial charge in [0.1, 0.15) is 0 Å². The van der Waals surface area contributed by atoms with Crippen LogP contribution in [0.1, 0.15) is 30.8 Å². The highest BCUT2D eigenvalue weighted by molar-refractivity contribution is 5.72. The Bertz CT molecular complexity index is 433. The molecule has 1 aromatic rings. The van der Waals surface area contributed by atoms with Gasteiger partial charge in [-0.2, -0.15) is 0 Å². The maximum Gasteiger partial charge on any atom is 0.216 e. The Morgan fingerprint density at radius 1 is 1.32 bits per heavy atom. The number of carbonyl (C=O) groups is 1. The van der Waals surface area contributed by atoms with E-state index in [9.17, 15) is 4.79 Å². The van der Waals surface area contributed by atoms with Gasteiger partial charge >= 0.3 is 0 Å². The van der Waals surface area contributed by atoms with E-state index < -0.39 is 0 Å². The average Bonchev–Trinajstić information content (AvgIpc) is 2.93. The number of rotatable bonds is 5. The zero-order valence-electron chi connectivity index (χ0n) is 11.1. The van der Waals surface area contributed by atoms with Crippen LogP contribution in [0.3, 0.4) is 0 Å². The minimum Gasteiger partial charge on any atom is -0.356 e. The van der Waals surface area contributed by atoms with Crippen molar-refractivity contribution in [2.24, 2.45) is 0 Å². The Hall–Kier alpha value is -1.65. The topological polar surface area (TPSA) is 47.6 Å². The van der Waals surface area contributed by atoms with E-state index >= 15 is 0 Å². The van der Waals surface area contributed by atoms with Crippen LogP contribution in [0.2, 0.25) is 0 Å². The number of benzene rings is 1. The highest BCUT2D eigenvalue weighted by atomic mass is 16.7. The van der Waals surface area contributed by atoms with E-state index in [1.54, 1.807) is 0 Å². The zero-order chi connectivity index (χ0) is 13.5. The predicted molar refractivity (Wildman–Crippen MR) is 73.4 cm³/mol. The molecule has 4 heteroatoms. The van der Waals surface area contributed by atoms with Gasteiger partial charge in [-0.15, -0.1) is 0 Å². The monoisotopic (exact) mass is 261 g/mol. The molecule has 0 atom stereocenters.